The van der Waals surface area contributed by atoms with Crippen molar-refractivity contribution in [3.8, 4) is 0 Å². The third kappa shape index (κ3) is 15.8. The van der Waals surface area contributed by atoms with Crippen LogP contribution in [0.4, 0.5) is 0 Å². The Hall–Kier alpha value is 1.56. The monoisotopic (exact) mass is 486 g/mol. The molecule has 144 valence electrons. The van der Waals surface area contributed by atoms with Gasteiger partial charge in [0.15, 0.2) is 0 Å². The van der Waals surface area contributed by atoms with Gasteiger partial charge in [0.2, 0.25) is 0 Å². The minimum absolute atomic E-state index is 0. The first-order valence-corrected chi connectivity index (χ1v) is 9.60. The number of nitrogens with zero attached hydrogens (tertiary/aromatic N) is 2. The van der Waals surface area contributed by atoms with Crippen molar-refractivity contribution in [3.63, 3.8) is 0 Å². The van der Waals surface area contributed by atoms with Gasteiger partial charge in [-0.1, -0.05) is 106 Å². The van der Waals surface area contributed by atoms with Crippen LogP contribution >= 0.6 is 12.4 Å². The summed E-state index contributed by atoms with van der Waals surface area (Å²) < 4.78 is 0. The topological polar surface area (TPSA) is 28.2 Å². The largest absolute Gasteiger partial charge is 0.655 e. The summed E-state index contributed by atoms with van der Waals surface area (Å²) in [6, 6.07) is 1.34. The van der Waals surface area contributed by atoms with Crippen molar-refractivity contribution in [2.75, 3.05) is 0 Å². The van der Waals surface area contributed by atoms with E-state index in [2.05, 4.69) is 41.5 Å². The zero-order valence-electron chi connectivity index (χ0n) is 17.0. The van der Waals surface area contributed by atoms with Gasteiger partial charge in [-0.3, -0.25) is 0 Å². The molecule has 2 saturated carbocycles. The number of hydrogen-bond acceptors (Lipinski definition) is 0. The van der Waals surface area contributed by atoms with E-state index in [1.807, 2.05) is 0 Å². The molecule has 4 heteroatoms. The van der Waals surface area contributed by atoms with Gasteiger partial charge in [-0.25, -0.2) is 0 Å². The predicted octanol–water partition coefficient (Wildman–Crippen LogP) is 7.40. The molecule has 0 radical (unpaired) electrons. The molecule has 2 aliphatic carbocycles. The molecule has 0 atom stereocenters. The third-order valence-electron chi connectivity index (χ3n) is 4.29. The molecular formula is C20H41ClN2Nd-2. The standard InChI is InChI=1S/2C10H20N.ClH.Nd/c2*1-10(2,3)11-9-7-5-4-6-8-9;;/h2*9H,4-8H2,1-3H3;1H;/q2*-1;;. The van der Waals surface area contributed by atoms with Crippen LogP contribution in [0.15, 0.2) is 0 Å². The maximum atomic E-state index is 4.77. The SMILES string of the molecule is CC(C)(C)[N-]C1CCCCC1.CC(C)(C)[N-]C1CCCCC1.Cl.[Nd]. The van der Waals surface area contributed by atoms with Crippen LogP contribution in [0.5, 0.6) is 0 Å². The van der Waals surface area contributed by atoms with Gasteiger partial charge in [-0.2, -0.15) is 0 Å². The molecule has 0 spiro atoms. The second-order valence-corrected chi connectivity index (χ2v) is 9.18. The Balaban J connectivity index is 0. The molecule has 2 aliphatic rings. The molecule has 2 rings (SSSR count). The molecule has 0 saturated heterocycles. The molecule has 0 unspecified atom stereocenters. The quantitative estimate of drug-likeness (QED) is 0.387. The van der Waals surface area contributed by atoms with E-state index in [9.17, 15) is 0 Å². The van der Waals surface area contributed by atoms with Gasteiger partial charge in [0.05, 0.1) is 0 Å². The molecule has 0 amide bonds. The summed E-state index contributed by atoms with van der Waals surface area (Å²) in [5.74, 6) is 0. The number of halogens is 1. The zero-order chi connectivity index (χ0) is 16.6. The molecule has 2 nitrogen and oxygen atoms in total. The van der Waals surface area contributed by atoms with Gasteiger partial charge in [0.1, 0.15) is 0 Å². The number of rotatable bonds is 2. The molecule has 0 aromatic rings. The fraction of sp³-hybridized carbons (Fsp3) is 1.00. The second-order valence-electron chi connectivity index (χ2n) is 9.18. The average Bonchev–Trinajstić information content (AvgIpc) is 2.38. The van der Waals surface area contributed by atoms with Crippen LogP contribution in [-0.4, -0.2) is 23.2 Å². The van der Waals surface area contributed by atoms with Crippen molar-refractivity contribution >= 4 is 12.4 Å². The minimum Gasteiger partial charge on any atom is -0.655 e. The average molecular weight is 489 g/mol. The van der Waals surface area contributed by atoms with Crippen molar-refractivity contribution in [2.45, 2.75) is 129 Å². The van der Waals surface area contributed by atoms with E-state index in [1.54, 1.807) is 0 Å². The molecule has 0 aromatic heterocycles. The first-order valence-electron chi connectivity index (χ1n) is 9.60. The molecule has 2 fully saturated rings. The summed E-state index contributed by atoms with van der Waals surface area (Å²) in [6.07, 6.45) is 13.7. The Morgan fingerprint density at radius 3 is 1.00 bits per heavy atom. The van der Waals surface area contributed by atoms with Gasteiger partial charge in [0.25, 0.3) is 0 Å². The summed E-state index contributed by atoms with van der Waals surface area (Å²) in [7, 11) is 0. The van der Waals surface area contributed by atoms with Crippen LogP contribution in [0.25, 0.3) is 10.6 Å². The van der Waals surface area contributed by atoms with Crippen LogP contribution in [0.3, 0.4) is 0 Å². The van der Waals surface area contributed by atoms with Crippen LogP contribution in [0, 0.1) is 40.8 Å². The van der Waals surface area contributed by atoms with Crippen LogP contribution < -0.4 is 0 Å². The van der Waals surface area contributed by atoms with Crippen molar-refractivity contribution in [1.29, 1.82) is 0 Å². The Labute approximate surface area is 191 Å². The van der Waals surface area contributed by atoms with E-state index < -0.39 is 0 Å². The Morgan fingerprint density at radius 1 is 0.542 bits per heavy atom. The normalized spacial score (nSPS) is 20.2. The van der Waals surface area contributed by atoms with Gasteiger partial charge >= 0.3 is 0 Å². The Bertz CT molecular complexity index is 255. The van der Waals surface area contributed by atoms with Gasteiger partial charge in [0, 0.05) is 40.8 Å². The first kappa shape index (κ1) is 27.8. The van der Waals surface area contributed by atoms with E-state index in [0.717, 1.165) is 0 Å². The minimum atomic E-state index is 0. The van der Waals surface area contributed by atoms with Gasteiger partial charge in [-0.05, 0) is 0 Å². The van der Waals surface area contributed by atoms with Crippen molar-refractivity contribution < 1.29 is 40.8 Å². The molecular weight excluding hydrogens is 448 g/mol. The summed E-state index contributed by atoms with van der Waals surface area (Å²) in [5.41, 5.74) is 0.365. The maximum absolute atomic E-state index is 4.77. The molecule has 0 aliphatic heterocycles. The smallest absolute Gasteiger partial charge is 0 e. The van der Waals surface area contributed by atoms with Crippen molar-refractivity contribution in [1.82, 2.24) is 0 Å². The molecule has 0 aromatic carbocycles. The molecule has 0 N–H and O–H groups in total. The zero-order valence-corrected chi connectivity index (χ0v) is 21.1. The van der Waals surface area contributed by atoms with Gasteiger partial charge < -0.3 is 10.6 Å². The summed E-state index contributed by atoms with van der Waals surface area (Å²) >= 11 is 0. The summed E-state index contributed by atoms with van der Waals surface area (Å²) in [4.78, 5) is 0. The van der Waals surface area contributed by atoms with Crippen LogP contribution in [-0.2, 0) is 0 Å². The van der Waals surface area contributed by atoms with Crippen molar-refractivity contribution in [3.05, 3.63) is 10.6 Å². The molecule has 0 heterocycles. The van der Waals surface area contributed by atoms with E-state index in [-0.39, 0.29) is 64.3 Å². The van der Waals surface area contributed by atoms with Gasteiger partial charge in [-0.15, -0.1) is 35.6 Å². The van der Waals surface area contributed by atoms with E-state index in [4.69, 9.17) is 10.6 Å². The van der Waals surface area contributed by atoms with E-state index in [1.165, 1.54) is 64.2 Å². The fourth-order valence-corrected chi connectivity index (χ4v) is 3.52. The predicted molar refractivity (Wildman–Crippen MR) is 107 cm³/mol. The fourth-order valence-electron chi connectivity index (χ4n) is 3.52. The molecule has 24 heavy (non-hydrogen) atoms. The Kier molecular flexibility index (Phi) is 15.8. The van der Waals surface area contributed by atoms with Crippen LogP contribution in [0.2, 0.25) is 0 Å². The van der Waals surface area contributed by atoms with E-state index in [0.29, 0.717) is 12.1 Å². The third-order valence-corrected chi connectivity index (χ3v) is 4.29. The maximum Gasteiger partial charge on any atom is 0 e. The van der Waals surface area contributed by atoms with Crippen molar-refractivity contribution in [2.24, 2.45) is 0 Å². The summed E-state index contributed by atoms with van der Waals surface area (Å²) in [5, 5.41) is 9.54. The number of hydrogen-bond donors (Lipinski definition) is 0. The Morgan fingerprint density at radius 2 is 0.792 bits per heavy atom. The van der Waals surface area contributed by atoms with Crippen LogP contribution in [0.1, 0.15) is 106 Å². The molecule has 0 bridgehead atoms. The van der Waals surface area contributed by atoms with E-state index >= 15 is 0 Å². The summed E-state index contributed by atoms with van der Waals surface area (Å²) in [6.45, 7) is 13.2. The first-order chi connectivity index (χ1) is 10.2. The second kappa shape index (κ2) is 13.7.